The fraction of sp³-hybridized carbons (Fsp3) is 0.263. The number of rotatable bonds is 4. The third kappa shape index (κ3) is 3.04. The van der Waals surface area contributed by atoms with Crippen molar-refractivity contribution in [1.29, 1.82) is 0 Å². The summed E-state index contributed by atoms with van der Waals surface area (Å²) in [6, 6.07) is 12.5. The Morgan fingerprint density at radius 3 is 2.96 bits per heavy atom. The standard InChI is InChI=1S/C19H19N3O/c1-3-12-20-19(23)15-9-11-18(21-13-15)22(2)17-10-8-14-6-4-5-7-16(14)17/h1,4-7,9,11,13,17H,8,10,12H2,2H3,(H,20,23). The first-order valence-electron chi connectivity index (χ1n) is 7.69. The van der Waals surface area contributed by atoms with E-state index < -0.39 is 0 Å². The van der Waals surface area contributed by atoms with Gasteiger partial charge < -0.3 is 10.2 Å². The van der Waals surface area contributed by atoms with Crippen LogP contribution < -0.4 is 10.2 Å². The average molecular weight is 305 g/mol. The Labute approximate surface area is 136 Å². The van der Waals surface area contributed by atoms with E-state index in [1.54, 1.807) is 12.3 Å². The Bertz CT molecular complexity index is 746. The van der Waals surface area contributed by atoms with E-state index in [1.807, 2.05) is 13.1 Å². The number of aryl methyl sites for hydroxylation is 1. The molecule has 1 unspecified atom stereocenters. The van der Waals surface area contributed by atoms with Crippen LogP contribution in [0.4, 0.5) is 5.82 Å². The van der Waals surface area contributed by atoms with E-state index in [9.17, 15) is 4.79 Å². The minimum Gasteiger partial charge on any atom is -0.353 e. The van der Waals surface area contributed by atoms with Crippen molar-refractivity contribution in [3.63, 3.8) is 0 Å². The molecule has 0 saturated heterocycles. The summed E-state index contributed by atoms with van der Waals surface area (Å²) in [5.41, 5.74) is 3.30. The highest BCUT2D eigenvalue weighted by molar-refractivity contribution is 5.94. The van der Waals surface area contributed by atoms with Crippen molar-refractivity contribution in [1.82, 2.24) is 10.3 Å². The van der Waals surface area contributed by atoms with Gasteiger partial charge in [-0.1, -0.05) is 30.2 Å². The third-order valence-electron chi connectivity index (χ3n) is 4.29. The maximum absolute atomic E-state index is 11.8. The van der Waals surface area contributed by atoms with Gasteiger partial charge in [-0.05, 0) is 36.1 Å². The van der Waals surface area contributed by atoms with Crippen LogP contribution in [0.1, 0.15) is 33.9 Å². The molecule has 23 heavy (non-hydrogen) atoms. The molecule has 0 spiro atoms. The molecule has 2 aromatic rings. The number of aromatic nitrogens is 1. The molecule has 4 nitrogen and oxygen atoms in total. The second-order valence-electron chi connectivity index (χ2n) is 5.66. The first-order valence-corrected chi connectivity index (χ1v) is 7.69. The number of nitrogens with zero attached hydrogens (tertiary/aromatic N) is 2. The van der Waals surface area contributed by atoms with Crippen LogP contribution in [0, 0.1) is 12.3 Å². The molecule has 0 fully saturated rings. The second-order valence-corrected chi connectivity index (χ2v) is 5.66. The van der Waals surface area contributed by atoms with Crippen molar-refractivity contribution in [2.24, 2.45) is 0 Å². The van der Waals surface area contributed by atoms with Gasteiger partial charge in [-0.3, -0.25) is 4.79 Å². The Morgan fingerprint density at radius 1 is 1.39 bits per heavy atom. The van der Waals surface area contributed by atoms with Crippen LogP contribution >= 0.6 is 0 Å². The molecular formula is C19H19N3O. The SMILES string of the molecule is C#CCNC(=O)c1ccc(N(C)C2CCc3ccccc32)nc1. The summed E-state index contributed by atoms with van der Waals surface area (Å²) < 4.78 is 0. The molecule has 4 heteroatoms. The lowest BCUT2D eigenvalue weighted by Crippen LogP contribution is -2.25. The van der Waals surface area contributed by atoms with Gasteiger partial charge in [0, 0.05) is 13.2 Å². The minimum absolute atomic E-state index is 0.198. The first-order chi connectivity index (χ1) is 11.2. The van der Waals surface area contributed by atoms with Crippen LogP contribution in [0.15, 0.2) is 42.6 Å². The molecule has 1 aliphatic rings. The molecule has 0 saturated carbocycles. The van der Waals surface area contributed by atoms with Gasteiger partial charge in [-0.25, -0.2) is 4.98 Å². The number of hydrogen-bond acceptors (Lipinski definition) is 3. The molecule has 1 atom stereocenters. The number of terminal acetylenes is 1. The van der Waals surface area contributed by atoms with Gasteiger partial charge in [-0.2, -0.15) is 0 Å². The number of nitrogens with one attached hydrogen (secondary N) is 1. The summed E-state index contributed by atoms with van der Waals surface area (Å²) in [6.07, 6.45) is 8.92. The number of benzene rings is 1. The molecule has 0 aliphatic heterocycles. The van der Waals surface area contributed by atoms with Crippen molar-refractivity contribution in [2.75, 3.05) is 18.5 Å². The predicted octanol–water partition coefficient (Wildman–Crippen LogP) is 2.57. The molecule has 1 aliphatic carbocycles. The first kappa shape index (κ1) is 15.1. The second kappa shape index (κ2) is 6.53. The normalized spacial score (nSPS) is 15.6. The van der Waals surface area contributed by atoms with Crippen LogP contribution in [0.5, 0.6) is 0 Å². The Hall–Kier alpha value is -2.80. The van der Waals surface area contributed by atoms with Crippen molar-refractivity contribution in [3.05, 3.63) is 59.3 Å². The summed E-state index contributed by atoms with van der Waals surface area (Å²) in [4.78, 5) is 18.5. The molecule has 1 heterocycles. The lowest BCUT2D eigenvalue weighted by atomic mass is 10.1. The fourth-order valence-corrected chi connectivity index (χ4v) is 3.06. The van der Waals surface area contributed by atoms with E-state index >= 15 is 0 Å². The number of carbonyl (C=O) groups is 1. The molecular weight excluding hydrogens is 286 g/mol. The monoisotopic (exact) mass is 305 g/mol. The number of amides is 1. The van der Waals surface area contributed by atoms with E-state index in [0.717, 1.165) is 18.7 Å². The van der Waals surface area contributed by atoms with Gasteiger partial charge in [0.25, 0.3) is 5.91 Å². The largest absolute Gasteiger partial charge is 0.353 e. The summed E-state index contributed by atoms with van der Waals surface area (Å²) in [6.45, 7) is 0.222. The van der Waals surface area contributed by atoms with Crippen LogP contribution in [0.3, 0.4) is 0 Å². The number of carbonyl (C=O) groups excluding carboxylic acids is 1. The molecule has 0 bridgehead atoms. The highest BCUT2D eigenvalue weighted by Crippen LogP contribution is 2.36. The van der Waals surface area contributed by atoms with E-state index in [4.69, 9.17) is 6.42 Å². The van der Waals surface area contributed by atoms with Crippen LogP contribution in [-0.4, -0.2) is 24.5 Å². The number of pyridine rings is 1. The molecule has 0 radical (unpaired) electrons. The lowest BCUT2D eigenvalue weighted by Gasteiger charge is -2.26. The fourth-order valence-electron chi connectivity index (χ4n) is 3.06. The Morgan fingerprint density at radius 2 is 2.22 bits per heavy atom. The quantitative estimate of drug-likeness (QED) is 0.883. The summed E-state index contributed by atoms with van der Waals surface area (Å²) in [5.74, 6) is 3.05. The van der Waals surface area contributed by atoms with Crippen LogP contribution in [0.25, 0.3) is 0 Å². The summed E-state index contributed by atoms with van der Waals surface area (Å²) >= 11 is 0. The van der Waals surface area contributed by atoms with Crippen molar-refractivity contribution in [2.45, 2.75) is 18.9 Å². The van der Waals surface area contributed by atoms with E-state index in [0.29, 0.717) is 11.6 Å². The van der Waals surface area contributed by atoms with Gasteiger partial charge in [0.15, 0.2) is 0 Å². The molecule has 1 aromatic carbocycles. The highest BCUT2D eigenvalue weighted by atomic mass is 16.1. The zero-order chi connectivity index (χ0) is 16.2. The maximum atomic E-state index is 11.8. The Balaban J connectivity index is 1.75. The van der Waals surface area contributed by atoms with Gasteiger partial charge >= 0.3 is 0 Å². The molecule has 116 valence electrons. The average Bonchev–Trinajstić information content (AvgIpc) is 3.03. The molecule has 3 rings (SSSR count). The lowest BCUT2D eigenvalue weighted by molar-refractivity contribution is 0.0958. The van der Waals surface area contributed by atoms with Gasteiger partial charge in [0.1, 0.15) is 5.82 Å². The molecule has 1 amide bonds. The van der Waals surface area contributed by atoms with Crippen LogP contribution in [0.2, 0.25) is 0 Å². The zero-order valence-corrected chi connectivity index (χ0v) is 13.1. The topological polar surface area (TPSA) is 45.2 Å². The van der Waals surface area contributed by atoms with Crippen molar-refractivity contribution in [3.8, 4) is 12.3 Å². The third-order valence-corrected chi connectivity index (χ3v) is 4.29. The predicted molar refractivity (Wildman–Crippen MR) is 91.3 cm³/mol. The highest BCUT2D eigenvalue weighted by Gasteiger charge is 2.26. The van der Waals surface area contributed by atoms with Crippen molar-refractivity contribution < 1.29 is 4.79 Å². The van der Waals surface area contributed by atoms with Gasteiger partial charge in [0.05, 0.1) is 18.2 Å². The smallest absolute Gasteiger partial charge is 0.253 e. The summed E-state index contributed by atoms with van der Waals surface area (Å²) in [7, 11) is 2.05. The van der Waals surface area contributed by atoms with Gasteiger partial charge in [-0.15, -0.1) is 6.42 Å². The number of anilines is 1. The van der Waals surface area contributed by atoms with E-state index in [2.05, 4.69) is 45.4 Å². The van der Waals surface area contributed by atoms with Crippen LogP contribution in [-0.2, 0) is 6.42 Å². The number of fused-ring (bicyclic) bond motifs is 1. The van der Waals surface area contributed by atoms with Crippen molar-refractivity contribution >= 4 is 11.7 Å². The maximum Gasteiger partial charge on any atom is 0.253 e. The summed E-state index contributed by atoms with van der Waals surface area (Å²) in [5, 5.41) is 2.64. The minimum atomic E-state index is -0.198. The van der Waals surface area contributed by atoms with Gasteiger partial charge in [0.2, 0.25) is 0 Å². The van der Waals surface area contributed by atoms with E-state index in [1.165, 1.54) is 11.1 Å². The molecule has 1 aromatic heterocycles. The Kier molecular flexibility index (Phi) is 4.29. The van der Waals surface area contributed by atoms with E-state index in [-0.39, 0.29) is 12.5 Å². The number of hydrogen-bond donors (Lipinski definition) is 1. The zero-order valence-electron chi connectivity index (χ0n) is 13.1. The molecule has 1 N–H and O–H groups in total.